The summed E-state index contributed by atoms with van der Waals surface area (Å²) in [5.74, 6) is 2.74. The van der Waals surface area contributed by atoms with Crippen LogP contribution in [0.5, 0.6) is 23.0 Å². The van der Waals surface area contributed by atoms with Crippen LogP contribution in [0.4, 0.5) is 5.69 Å². The molecule has 1 aliphatic heterocycles. The van der Waals surface area contributed by atoms with Crippen molar-refractivity contribution in [2.45, 2.75) is 13.5 Å². The summed E-state index contributed by atoms with van der Waals surface area (Å²) >= 11 is 6.28. The van der Waals surface area contributed by atoms with Gasteiger partial charge in [-0.1, -0.05) is 11.6 Å². The van der Waals surface area contributed by atoms with Gasteiger partial charge in [0.2, 0.25) is 0 Å². The predicted octanol–water partition coefficient (Wildman–Crippen LogP) is 4.13. The molecule has 0 saturated heterocycles. The third kappa shape index (κ3) is 3.62. The van der Waals surface area contributed by atoms with Crippen molar-refractivity contribution in [3.05, 3.63) is 40.9 Å². The van der Waals surface area contributed by atoms with Crippen molar-refractivity contribution in [3.63, 3.8) is 0 Å². The molecule has 2 aromatic rings. The van der Waals surface area contributed by atoms with Crippen LogP contribution in [0.1, 0.15) is 12.5 Å². The van der Waals surface area contributed by atoms with Gasteiger partial charge in [-0.3, -0.25) is 0 Å². The van der Waals surface area contributed by atoms with Crippen molar-refractivity contribution < 1.29 is 18.9 Å². The summed E-state index contributed by atoms with van der Waals surface area (Å²) in [6.07, 6.45) is 0. The Kier molecular flexibility index (Phi) is 5.20. The molecule has 2 aromatic carbocycles. The largest absolute Gasteiger partial charge is 0.491 e. The molecule has 128 valence electrons. The highest BCUT2D eigenvalue weighted by atomic mass is 35.5. The maximum Gasteiger partial charge on any atom is 0.179 e. The van der Waals surface area contributed by atoms with Crippen LogP contribution in [0.3, 0.4) is 0 Å². The first-order valence-electron chi connectivity index (χ1n) is 7.84. The molecule has 0 amide bonds. The maximum atomic E-state index is 6.28. The number of rotatable bonds is 6. The third-order valence-corrected chi connectivity index (χ3v) is 3.89. The van der Waals surface area contributed by atoms with Gasteiger partial charge in [-0.05, 0) is 36.8 Å². The fraction of sp³-hybridized carbons (Fsp3) is 0.333. The molecule has 1 aliphatic rings. The number of hydrogen-bond donors (Lipinski definition) is 1. The topological polar surface area (TPSA) is 49.0 Å². The SMILES string of the molecule is CCOc1cc(CNc2ccc3c(c2)OCCO3)cc(Cl)c1OC. The molecule has 0 aromatic heterocycles. The van der Waals surface area contributed by atoms with E-state index in [0.717, 1.165) is 22.7 Å². The van der Waals surface area contributed by atoms with Crippen LogP contribution >= 0.6 is 11.6 Å². The summed E-state index contributed by atoms with van der Waals surface area (Å²) in [4.78, 5) is 0. The second kappa shape index (κ2) is 7.53. The Morgan fingerprint density at radius 2 is 1.92 bits per heavy atom. The van der Waals surface area contributed by atoms with E-state index < -0.39 is 0 Å². The fourth-order valence-corrected chi connectivity index (χ4v) is 2.85. The van der Waals surface area contributed by atoms with Gasteiger partial charge in [0.1, 0.15) is 13.2 Å². The maximum absolute atomic E-state index is 6.28. The molecule has 0 saturated carbocycles. The zero-order valence-electron chi connectivity index (χ0n) is 13.7. The Bertz CT molecular complexity index is 720. The zero-order valence-corrected chi connectivity index (χ0v) is 14.5. The van der Waals surface area contributed by atoms with E-state index in [-0.39, 0.29) is 0 Å². The van der Waals surface area contributed by atoms with E-state index in [1.54, 1.807) is 7.11 Å². The standard InChI is InChI=1S/C18H20ClNO4/c1-3-22-17-9-12(8-14(19)18(17)21-2)11-20-13-4-5-15-16(10-13)24-7-6-23-15/h4-5,8-10,20H,3,6-7,11H2,1-2H3. The highest BCUT2D eigenvalue weighted by Crippen LogP contribution is 2.37. The number of benzene rings is 2. The molecule has 3 rings (SSSR count). The molecule has 0 fully saturated rings. The summed E-state index contributed by atoms with van der Waals surface area (Å²) in [6, 6.07) is 9.60. The van der Waals surface area contributed by atoms with Crippen LogP contribution in [-0.4, -0.2) is 26.9 Å². The monoisotopic (exact) mass is 349 g/mol. The van der Waals surface area contributed by atoms with E-state index in [1.165, 1.54) is 0 Å². The molecule has 0 spiro atoms. The van der Waals surface area contributed by atoms with Crippen LogP contribution in [-0.2, 0) is 6.54 Å². The number of ether oxygens (including phenoxy) is 4. The van der Waals surface area contributed by atoms with Crippen LogP contribution in [0, 0.1) is 0 Å². The lowest BCUT2D eigenvalue weighted by molar-refractivity contribution is 0.171. The molecular weight excluding hydrogens is 330 g/mol. The highest BCUT2D eigenvalue weighted by Gasteiger charge is 2.13. The van der Waals surface area contributed by atoms with Gasteiger partial charge in [0.25, 0.3) is 0 Å². The van der Waals surface area contributed by atoms with Gasteiger partial charge in [-0.15, -0.1) is 0 Å². The lowest BCUT2D eigenvalue weighted by Crippen LogP contribution is -2.15. The van der Waals surface area contributed by atoms with E-state index in [0.29, 0.717) is 42.9 Å². The van der Waals surface area contributed by atoms with Gasteiger partial charge < -0.3 is 24.3 Å². The van der Waals surface area contributed by atoms with Crippen LogP contribution in [0.25, 0.3) is 0 Å². The molecule has 0 aliphatic carbocycles. The molecule has 0 atom stereocenters. The van der Waals surface area contributed by atoms with Crippen LogP contribution in [0.15, 0.2) is 30.3 Å². The lowest BCUT2D eigenvalue weighted by Gasteiger charge is -2.19. The molecule has 1 heterocycles. The van der Waals surface area contributed by atoms with Gasteiger partial charge in [0.05, 0.1) is 18.7 Å². The quantitative estimate of drug-likeness (QED) is 0.849. The van der Waals surface area contributed by atoms with Crippen molar-refractivity contribution in [1.29, 1.82) is 0 Å². The van der Waals surface area contributed by atoms with Gasteiger partial charge in [-0.25, -0.2) is 0 Å². The van der Waals surface area contributed by atoms with Crippen molar-refractivity contribution in [3.8, 4) is 23.0 Å². The van der Waals surface area contributed by atoms with Gasteiger partial charge in [0, 0.05) is 18.3 Å². The van der Waals surface area contributed by atoms with Crippen LogP contribution < -0.4 is 24.3 Å². The third-order valence-electron chi connectivity index (χ3n) is 3.61. The minimum atomic E-state index is 0.530. The minimum absolute atomic E-state index is 0.530. The summed E-state index contributed by atoms with van der Waals surface area (Å²) in [5.41, 5.74) is 1.95. The normalized spacial score (nSPS) is 12.6. The average Bonchev–Trinajstić information content (AvgIpc) is 2.60. The number of fused-ring (bicyclic) bond motifs is 1. The van der Waals surface area contributed by atoms with E-state index in [2.05, 4.69) is 5.32 Å². The molecule has 0 radical (unpaired) electrons. The Hall–Kier alpha value is -2.27. The van der Waals surface area contributed by atoms with E-state index in [9.17, 15) is 0 Å². The number of halogens is 1. The smallest absolute Gasteiger partial charge is 0.179 e. The fourth-order valence-electron chi connectivity index (χ4n) is 2.54. The van der Waals surface area contributed by atoms with Gasteiger partial charge in [0.15, 0.2) is 23.0 Å². The average molecular weight is 350 g/mol. The zero-order chi connectivity index (χ0) is 16.9. The number of nitrogens with one attached hydrogen (secondary N) is 1. The van der Waals surface area contributed by atoms with E-state index >= 15 is 0 Å². The molecule has 6 heteroatoms. The Morgan fingerprint density at radius 3 is 2.67 bits per heavy atom. The van der Waals surface area contributed by atoms with Gasteiger partial charge >= 0.3 is 0 Å². The van der Waals surface area contributed by atoms with E-state index in [4.69, 9.17) is 30.5 Å². The lowest BCUT2D eigenvalue weighted by atomic mass is 10.2. The second-order valence-corrected chi connectivity index (χ2v) is 5.66. The Morgan fingerprint density at radius 1 is 1.12 bits per heavy atom. The molecular formula is C18H20ClNO4. The first-order chi connectivity index (χ1) is 11.7. The summed E-state index contributed by atoms with van der Waals surface area (Å²) in [5, 5.41) is 3.88. The highest BCUT2D eigenvalue weighted by molar-refractivity contribution is 6.32. The summed E-state index contributed by atoms with van der Waals surface area (Å²) < 4.78 is 22.0. The summed E-state index contributed by atoms with van der Waals surface area (Å²) in [7, 11) is 1.58. The Labute approximate surface area is 146 Å². The second-order valence-electron chi connectivity index (χ2n) is 5.25. The first-order valence-corrected chi connectivity index (χ1v) is 8.21. The van der Waals surface area contributed by atoms with Crippen molar-refractivity contribution in [1.82, 2.24) is 0 Å². The first kappa shape index (κ1) is 16.6. The number of hydrogen-bond acceptors (Lipinski definition) is 5. The molecule has 0 bridgehead atoms. The van der Waals surface area contributed by atoms with E-state index in [1.807, 2.05) is 37.3 Å². The molecule has 5 nitrogen and oxygen atoms in total. The van der Waals surface area contributed by atoms with Gasteiger partial charge in [-0.2, -0.15) is 0 Å². The molecule has 0 unspecified atom stereocenters. The minimum Gasteiger partial charge on any atom is -0.491 e. The Balaban J connectivity index is 1.74. The summed E-state index contributed by atoms with van der Waals surface area (Å²) in [6.45, 7) is 4.23. The molecule has 24 heavy (non-hydrogen) atoms. The number of methoxy groups -OCH3 is 1. The predicted molar refractivity (Wildman–Crippen MR) is 93.9 cm³/mol. The van der Waals surface area contributed by atoms with Crippen LogP contribution in [0.2, 0.25) is 5.02 Å². The number of anilines is 1. The van der Waals surface area contributed by atoms with Crippen molar-refractivity contribution in [2.75, 3.05) is 32.2 Å². The van der Waals surface area contributed by atoms with Crippen molar-refractivity contribution >= 4 is 17.3 Å². The van der Waals surface area contributed by atoms with Crippen molar-refractivity contribution in [2.24, 2.45) is 0 Å². The molecule has 1 N–H and O–H groups in total.